The molecule has 0 radical (unpaired) electrons. The fourth-order valence-electron chi connectivity index (χ4n) is 3.04. The molecule has 0 aromatic heterocycles. The minimum absolute atomic E-state index is 0.658. The summed E-state index contributed by atoms with van der Waals surface area (Å²) in [5.74, 6) is 0.658. The lowest BCUT2D eigenvalue weighted by molar-refractivity contribution is 0.801. The number of benzene rings is 3. The van der Waals surface area contributed by atoms with Crippen LogP contribution in [0.15, 0.2) is 48.5 Å². The average molecular weight is 244 g/mol. The van der Waals surface area contributed by atoms with Crippen LogP contribution in [0.2, 0.25) is 0 Å². The van der Waals surface area contributed by atoms with Crippen LogP contribution in [0.25, 0.3) is 33.7 Å². The summed E-state index contributed by atoms with van der Waals surface area (Å²) in [6.07, 6.45) is 5.92. The van der Waals surface area contributed by atoms with Gasteiger partial charge in [-0.05, 0) is 68.6 Å². The normalized spacial score (nSPS) is 17.8. The van der Waals surface area contributed by atoms with Crippen molar-refractivity contribution in [3.63, 3.8) is 0 Å². The van der Waals surface area contributed by atoms with Gasteiger partial charge in [0.15, 0.2) is 0 Å². The highest BCUT2D eigenvalue weighted by atomic mass is 14.1. The lowest BCUT2D eigenvalue weighted by atomic mass is 9.96. The molecule has 0 heterocycles. The Morgan fingerprint density at radius 3 is 2.11 bits per heavy atom. The van der Waals surface area contributed by atoms with Gasteiger partial charge in [0.1, 0.15) is 0 Å². The maximum Gasteiger partial charge on any atom is -0.0171 e. The molecular formula is C19H16. The molecule has 1 aliphatic rings. The monoisotopic (exact) mass is 244 g/mol. The van der Waals surface area contributed by atoms with Crippen LogP contribution in [0.4, 0.5) is 0 Å². The summed E-state index contributed by atoms with van der Waals surface area (Å²) < 4.78 is 0. The van der Waals surface area contributed by atoms with Crippen molar-refractivity contribution < 1.29 is 0 Å². The van der Waals surface area contributed by atoms with Crippen molar-refractivity contribution in [3.8, 4) is 0 Å². The molecule has 0 saturated heterocycles. The zero-order chi connectivity index (χ0) is 12.8. The Labute approximate surface area is 112 Å². The zero-order valence-electron chi connectivity index (χ0n) is 11.1. The van der Waals surface area contributed by atoms with Gasteiger partial charge in [-0.2, -0.15) is 0 Å². The molecule has 3 aromatic rings. The standard InChI is InChI=1S/C19H16/c1-13-6-7-16-11-18-9-14-4-2-3-5-15(14)10-19(18)12-17(16)8-13/h2-5,7-13H,6H2,1H3. The first-order chi connectivity index (χ1) is 9.29. The summed E-state index contributed by atoms with van der Waals surface area (Å²) in [6, 6.07) is 17.9. The summed E-state index contributed by atoms with van der Waals surface area (Å²) in [5.41, 5.74) is 0. The predicted octanol–water partition coefficient (Wildman–Crippen LogP) is 3.59. The SMILES string of the molecule is CC1C=c2cc3cc4ccccc4cc3cc2=CC1. The minimum atomic E-state index is 0.658. The molecule has 0 saturated carbocycles. The van der Waals surface area contributed by atoms with Gasteiger partial charge < -0.3 is 0 Å². The second kappa shape index (κ2) is 3.96. The molecule has 0 heteroatoms. The van der Waals surface area contributed by atoms with Crippen LogP contribution >= 0.6 is 0 Å². The number of hydrogen-bond donors (Lipinski definition) is 0. The van der Waals surface area contributed by atoms with Gasteiger partial charge in [-0.3, -0.25) is 0 Å². The van der Waals surface area contributed by atoms with E-state index in [4.69, 9.17) is 0 Å². The second-order valence-corrected chi connectivity index (χ2v) is 5.61. The van der Waals surface area contributed by atoms with Crippen LogP contribution < -0.4 is 10.4 Å². The van der Waals surface area contributed by atoms with E-state index in [2.05, 4.69) is 67.6 Å². The van der Waals surface area contributed by atoms with Gasteiger partial charge in [0, 0.05) is 0 Å². The van der Waals surface area contributed by atoms with Crippen molar-refractivity contribution in [2.45, 2.75) is 13.3 Å². The maximum absolute atomic E-state index is 2.39. The third-order valence-corrected chi connectivity index (χ3v) is 4.08. The van der Waals surface area contributed by atoms with Crippen LogP contribution in [0.3, 0.4) is 0 Å². The molecule has 4 rings (SSSR count). The molecule has 0 amide bonds. The van der Waals surface area contributed by atoms with Crippen molar-refractivity contribution in [2.75, 3.05) is 0 Å². The van der Waals surface area contributed by atoms with Gasteiger partial charge in [-0.1, -0.05) is 43.3 Å². The van der Waals surface area contributed by atoms with Gasteiger partial charge in [0.05, 0.1) is 0 Å². The smallest absolute Gasteiger partial charge is 0.0171 e. The van der Waals surface area contributed by atoms with E-state index in [1.54, 1.807) is 0 Å². The summed E-state index contributed by atoms with van der Waals surface area (Å²) >= 11 is 0. The highest BCUT2D eigenvalue weighted by Crippen LogP contribution is 2.21. The van der Waals surface area contributed by atoms with Crippen LogP contribution in [0.1, 0.15) is 13.3 Å². The van der Waals surface area contributed by atoms with E-state index in [0.717, 1.165) is 6.42 Å². The third kappa shape index (κ3) is 1.76. The van der Waals surface area contributed by atoms with Gasteiger partial charge in [0.25, 0.3) is 0 Å². The molecule has 0 bridgehead atoms. The lowest BCUT2D eigenvalue weighted by Crippen LogP contribution is -2.28. The first-order valence-electron chi connectivity index (χ1n) is 6.94. The van der Waals surface area contributed by atoms with Crippen molar-refractivity contribution in [1.29, 1.82) is 0 Å². The Kier molecular flexibility index (Phi) is 2.25. The molecule has 92 valence electrons. The quantitative estimate of drug-likeness (QED) is 0.530. The minimum Gasteiger partial charge on any atom is -0.0761 e. The van der Waals surface area contributed by atoms with Crippen LogP contribution in [0.5, 0.6) is 0 Å². The highest BCUT2D eigenvalue weighted by Gasteiger charge is 2.03. The van der Waals surface area contributed by atoms with Crippen molar-refractivity contribution >= 4 is 33.7 Å². The summed E-state index contributed by atoms with van der Waals surface area (Å²) in [7, 11) is 0. The zero-order valence-corrected chi connectivity index (χ0v) is 11.1. The molecule has 19 heavy (non-hydrogen) atoms. The van der Waals surface area contributed by atoms with Gasteiger partial charge in [-0.25, -0.2) is 0 Å². The molecule has 0 N–H and O–H groups in total. The first-order valence-corrected chi connectivity index (χ1v) is 6.94. The molecule has 0 nitrogen and oxygen atoms in total. The molecule has 1 unspecified atom stereocenters. The van der Waals surface area contributed by atoms with E-state index in [-0.39, 0.29) is 0 Å². The second-order valence-electron chi connectivity index (χ2n) is 5.61. The molecular weight excluding hydrogens is 228 g/mol. The lowest BCUT2D eigenvalue weighted by Gasteiger charge is -2.09. The first kappa shape index (κ1) is 10.8. The molecule has 1 atom stereocenters. The Morgan fingerprint density at radius 1 is 0.789 bits per heavy atom. The van der Waals surface area contributed by atoms with E-state index < -0.39 is 0 Å². The Hall–Kier alpha value is -2.08. The van der Waals surface area contributed by atoms with E-state index in [9.17, 15) is 0 Å². The van der Waals surface area contributed by atoms with Gasteiger partial charge in [0.2, 0.25) is 0 Å². The fraction of sp³-hybridized carbons (Fsp3) is 0.158. The van der Waals surface area contributed by atoms with E-state index in [1.165, 1.54) is 32.0 Å². The largest absolute Gasteiger partial charge is 0.0761 e. The molecule has 0 spiro atoms. The number of fused-ring (bicyclic) bond motifs is 3. The molecule has 3 aromatic carbocycles. The van der Waals surface area contributed by atoms with Gasteiger partial charge in [-0.15, -0.1) is 0 Å². The average Bonchev–Trinajstić information content (AvgIpc) is 2.43. The molecule has 0 fully saturated rings. The predicted molar refractivity (Wildman–Crippen MR) is 83.4 cm³/mol. The van der Waals surface area contributed by atoms with Crippen molar-refractivity contribution in [3.05, 3.63) is 59.0 Å². The Balaban J connectivity index is 2.14. The van der Waals surface area contributed by atoms with Crippen LogP contribution in [0, 0.1) is 5.92 Å². The summed E-state index contributed by atoms with van der Waals surface area (Å²) in [4.78, 5) is 0. The van der Waals surface area contributed by atoms with E-state index in [1.807, 2.05) is 0 Å². The Bertz CT molecular complexity index is 900. The van der Waals surface area contributed by atoms with E-state index in [0.29, 0.717) is 5.92 Å². The molecule has 1 aliphatic carbocycles. The topological polar surface area (TPSA) is 0 Å². The highest BCUT2D eigenvalue weighted by molar-refractivity contribution is 5.98. The third-order valence-electron chi connectivity index (χ3n) is 4.08. The fourth-order valence-corrected chi connectivity index (χ4v) is 3.04. The Morgan fingerprint density at radius 2 is 1.42 bits per heavy atom. The van der Waals surface area contributed by atoms with Gasteiger partial charge >= 0.3 is 0 Å². The summed E-state index contributed by atoms with van der Waals surface area (Å²) in [5, 5.41) is 8.11. The van der Waals surface area contributed by atoms with Crippen LogP contribution in [-0.2, 0) is 0 Å². The summed E-state index contributed by atoms with van der Waals surface area (Å²) in [6.45, 7) is 2.28. The number of rotatable bonds is 0. The molecule has 0 aliphatic heterocycles. The van der Waals surface area contributed by atoms with Crippen LogP contribution in [-0.4, -0.2) is 0 Å². The van der Waals surface area contributed by atoms with Crippen molar-refractivity contribution in [1.82, 2.24) is 0 Å². The van der Waals surface area contributed by atoms with Crippen molar-refractivity contribution in [2.24, 2.45) is 5.92 Å². The maximum atomic E-state index is 2.39. The van der Waals surface area contributed by atoms with E-state index >= 15 is 0 Å². The number of hydrogen-bond acceptors (Lipinski definition) is 0.